The van der Waals surface area contributed by atoms with Gasteiger partial charge in [0, 0.05) is 0 Å². The molecule has 0 amide bonds. The SMILES string of the molecule is C/C=C/CC(O)c1ccc(C(=O)OC)cc1. The summed E-state index contributed by atoms with van der Waals surface area (Å²) in [4.78, 5) is 11.2. The van der Waals surface area contributed by atoms with E-state index < -0.39 is 6.10 Å². The molecule has 1 atom stereocenters. The molecule has 0 saturated heterocycles. The predicted molar refractivity (Wildman–Crippen MR) is 62.2 cm³/mol. The minimum absolute atomic E-state index is 0.366. The monoisotopic (exact) mass is 220 g/mol. The third kappa shape index (κ3) is 3.21. The fourth-order valence-corrected chi connectivity index (χ4v) is 1.36. The minimum atomic E-state index is -0.525. The van der Waals surface area contributed by atoms with Gasteiger partial charge in [-0.2, -0.15) is 0 Å². The van der Waals surface area contributed by atoms with E-state index in [1.165, 1.54) is 7.11 Å². The molecule has 1 rings (SSSR count). The van der Waals surface area contributed by atoms with Crippen LogP contribution in [0, 0.1) is 0 Å². The molecule has 1 N–H and O–H groups in total. The number of aliphatic hydroxyl groups is 1. The van der Waals surface area contributed by atoms with Gasteiger partial charge in [-0.05, 0) is 31.0 Å². The Balaban J connectivity index is 2.74. The number of methoxy groups -OCH3 is 1. The summed E-state index contributed by atoms with van der Waals surface area (Å²) in [6.45, 7) is 1.91. The van der Waals surface area contributed by atoms with Gasteiger partial charge in [-0.1, -0.05) is 24.3 Å². The van der Waals surface area contributed by atoms with Crippen LogP contribution in [0.1, 0.15) is 35.4 Å². The first-order valence-electron chi connectivity index (χ1n) is 5.16. The molecule has 3 nitrogen and oxygen atoms in total. The molecule has 0 radical (unpaired) electrons. The molecule has 1 aromatic carbocycles. The Morgan fingerprint density at radius 1 is 1.44 bits per heavy atom. The van der Waals surface area contributed by atoms with E-state index in [9.17, 15) is 9.90 Å². The second kappa shape index (κ2) is 6.08. The van der Waals surface area contributed by atoms with E-state index in [4.69, 9.17) is 0 Å². The molecule has 1 unspecified atom stereocenters. The summed E-state index contributed by atoms with van der Waals surface area (Å²) < 4.78 is 4.59. The van der Waals surface area contributed by atoms with E-state index >= 15 is 0 Å². The van der Waals surface area contributed by atoms with Gasteiger partial charge in [0.1, 0.15) is 0 Å². The molecule has 1 aromatic rings. The number of rotatable bonds is 4. The Morgan fingerprint density at radius 3 is 2.56 bits per heavy atom. The number of allylic oxidation sites excluding steroid dienone is 1. The fourth-order valence-electron chi connectivity index (χ4n) is 1.36. The number of esters is 1. The van der Waals surface area contributed by atoms with Crippen LogP contribution in [0.2, 0.25) is 0 Å². The van der Waals surface area contributed by atoms with Crippen molar-refractivity contribution in [3.63, 3.8) is 0 Å². The lowest BCUT2D eigenvalue weighted by atomic mass is 10.0. The minimum Gasteiger partial charge on any atom is -0.465 e. The van der Waals surface area contributed by atoms with Crippen LogP contribution in [-0.2, 0) is 4.74 Å². The Bertz CT molecular complexity index is 365. The Hall–Kier alpha value is -1.61. The summed E-state index contributed by atoms with van der Waals surface area (Å²) in [7, 11) is 1.34. The molecule has 16 heavy (non-hydrogen) atoms. The third-order valence-corrected chi connectivity index (χ3v) is 2.31. The highest BCUT2D eigenvalue weighted by molar-refractivity contribution is 5.89. The van der Waals surface area contributed by atoms with Crippen molar-refractivity contribution in [2.45, 2.75) is 19.4 Å². The Morgan fingerprint density at radius 2 is 2.06 bits per heavy atom. The van der Waals surface area contributed by atoms with Crippen LogP contribution >= 0.6 is 0 Å². The molecule has 3 heteroatoms. The lowest BCUT2D eigenvalue weighted by molar-refractivity contribution is 0.0600. The molecule has 86 valence electrons. The molecule has 0 aliphatic carbocycles. The maximum Gasteiger partial charge on any atom is 0.337 e. The normalized spacial score (nSPS) is 12.7. The van der Waals surface area contributed by atoms with Gasteiger partial charge in [0.2, 0.25) is 0 Å². The van der Waals surface area contributed by atoms with Gasteiger partial charge < -0.3 is 9.84 Å². The number of aliphatic hydroxyl groups excluding tert-OH is 1. The summed E-state index contributed by atoms with van der Waals surface area (Å²) in [5.41, 5.74) is 1.29. The van der Waals surface area contributed by atoms with Crippen molar-refractivity contribution in [3.8, 4) is 0 Å². The van der Waals surface area contributed by atoms with Crippen molar-refractivity contribution < 1.29 is 14.6 Å². The molecular formula is C13H16O3. The van der Waals surface area contributed by atoms with Gasteiger partial charge in [-0.25, -0.2) is 4.79 Å². The zero-order chi connectivity index (χ0) is 12.0. The Kier molecular flexibility index (Phi) is 4.73. The molecule has 0 heterocycles. The second-order valence-corrected chi connectivity index (χ2v) is 3.43. The maximum atomic E-state index is 11.2. The van der Waals surface area contributed by atoms with Crippen LogP contribution in [0.5, 0.6) is 0 Å². The largest absolute Gasteiger partial charge is 0.465 e. The van der Waals surface area contributed by atoms with E-state index in [1.54, 1.807) is 24.3 Å². The van der Waals surface area contributed by atoms with Gasteiger partial charge >= 0.3 is 5.97 Å². The zero-order valence-electron chi connectivity index (χ0n) is 9.51. The first-order valence-corrected chi connectivity index (χ1v) is 5.16. The average Bonchev–Trinajstić information content (AvgIpc) is 2.35. The van der Waals surface area contributed by atoms with Crippen molar-refractivity contribution in [2.24, 2.45) is 0 Å². The topological polar surface area (TPSA) is 46.5 Å². The molecule has 0 aromatic heterocycles. The number of ether oxygens (including phenoxy) is 1. The molecular weight excluding hydrogens is 204 g/mol. The van der Waals surface area contributed by atoms with Crippen molar-refractivity contribution in [3.05, 3.63) is 47.5 Å². The van der Waals surface area contributed by atoms with Crippen LogP contribution in [0.3, 0.4) is 0 Å². The quantitative estimate of drug-likeness (QED) is 0.626. The van der Waals surface area contributed by atoms with Crippen molar-refractivity contribution in [1.29, 1.82) is 0 Å². The number of carbonyl (C=O) groups excluding carboxylic acids is 1. The first-order chi connectivity index (χ1) is 7.69. The van der Waals surface area contributed by atoms with Crippen molar-refractivity contribution >= 4 is 5.97 Å². The summed E-state index contributed by atoms with van der Waals surface area (Å²) in [5, 5.41) is 9.77. The Labute approximate surface area is 95.4 Å². The zero-order valence-corrected chi connectivity index (χ0v) is 9.51. The maximum absolute atomic E-state index is 11.2. The van der Waals surface area contributed by atoms with Gasteiger partial charge in [0.15, 0.2) is 0 Å². The number of benzene rings is 1. The highest BCUT2D eigenvalue weighted by atomic mass is 16.5. The summed E-state index contributed by atoms with van der Waals surface area (Å²) in [6, 6.07) is 6.78. The van der Waals surface area contributed by atoms with E-state index in [1.807, 2.05) is 19.1 Å². The highest BCUT2D eigenvalue weighted by Crippen LogP contribution is 2.17. The number of hydrogen-bond acceptors (Lipinski definition) is 3. The molecule has 0 aliphatic rings. The van der Waals surface area contributed by atoms with E-state index in [-0.39, 0.29) is 5.97 Å². The molecule has 0 bridgehead atoms. The van der Waals surface area contributed by atoms with E-state index in [0.29, 0.717) is 12.0 Å². The predicted octanol–water partition coefficient (Wildman–Crippen LogP) is 2.47. The second-order valence-electron chi connectivity index (χ2n) is 3.43. The van der Waals surface area contributed by atoms with Crippen LogP contribution < -0.4 is 0 Å². The standard InChI is InChI=1S/C13H16O3/c1-3-4-5-12(14)10-6-8-11(9-7-10)13(15)16-2/h3-4,6-9,12,14H,5H2,1-2H3/b4-3+. The van der Waals surface area contributed by atoms with Crippen LogP contribution in [0.25, 0.3) is 0 Å². The first kappa shape index (κ1) is 12.5. The van der Waals surface area contributed by atoms with Crippen LogP contribution in [0.4, 0.5) is 0 Å². The summed E-state index contributed by atoms with van der Waals surface area (Å²) >= 11 is 0. The lowest BCUT2D eigenvalue weighted by Crippen LogP contribution is -2.02. The number of hydrogen-bond donors (Lipinski definition) is 1. The number of carbonyl (C=O) groups is 1. The van der Waals surface area contributed by atoms with Gasteiger partial charge in [0.25, 0.3) is 0 Å². The smallest absolute Gasteiger partial charge is 0.337 e. The summed E-state index contributed by atoms with van der Waals surface area (Å²) in [6.07, 6.45) is 3.85. The molecule has 0 saturated carbocycles. The summed E-state index contributed by atoms with van der Waals surface area (Å²) in [5.74, 6) is -0.366. The molecule has 0 spiro atoms. The van der Waals surface area contributed by atoms with Crippen molar-refractivity contribution in [2.75, 3.05) is 7.11 Å². The third-order valence-electron chi connectivity index (χ3n) is 2.31. The van der Waals surface area contributed by atoms with Gasteiger partial charge in [0.05, 0.1) is 18.8 Å². The van der Waals surface area contributed by atoms with Crippen LogP contribution in [0.15, 0.2) is 36.4 Å². The van der Waals surface area contributed by atoms with Gasteiger partial charge in [-0.15, -0.1) is 0 Å². The molecule has 0 aliphatic heterocycles. The van der Waals surface area contributed by atoms with Crippen molar-refractivity contribution in [1.82, 2.24) is 0 Å². The average molecular weight is 220 g/mol. The fraction of sp³-hybridized carbons (Fsp3) is 0.308. The van der Waals surface area contributed by atoms with E-state index in [2.05, 4.69) is 4.74 Å². The lowest BCUT2D eigenvalue weighted by Gasteiger charge is -2.08. The van der Waals surface area contributed by atoms with E-state index in [0.717, 1.165) is 5.56 Å². The highest BCUT2D eigenvalue weighted by Gasteiger charge is 2.08. The van der Waals surface area contributed by atoms with Gasteiger partial charge in [-0.3, -0.25) is 0 Å². The van der Waals surface area contributed by atoms with Crippen LogP contribution in [-0.4, -0.2) is 18.2 Å². The molecule has 0 fully saturated rings.